The number of aromatic nitrogens is 2. The second-order valence-electron chi connectivity index (χ2n) is 4.92. The predicted molar refractivity (Wildman–Crippen MR) is 73.9 cm³/mol. The van der Waals surface area contributed by atoms with Crippen molar-refractivity contribution in [3.8, 4) is 0 Å². The first-order valence-corrected chi connectivity index (χ1v) is 6.67. The predicted octanol–water partition coefficient (Wildman–Crippen LogP) is 2.06. The van der Waals surface area contributed by atoms with Crippen LogP contribution in [0.15, 0.2) is 18.3 Å². The van der Waals surface area contributed by atoms with E-state index in [1.165, 1.54) is 12.3 Å². The number of aromatic carboxylic acids is 1. The number of carbonyl (C=O) groups is 1. The van der Waals surface area contributed by atoms with Gasteiger partial charge in [0.25, 0.3) is 0 Å². The topological polar surface area (TPSA) is 84.3 Å². The van der Waals surface area contributed by atoms with Gasteiger partial charge in [0, 0.05) is 25.5 Å². The minimum Gasteiger partial charge on any atom is -0.478 e. The van der Waals surface area contributed by atoms with Crippen LogP contribution in [0.2, 0.25) is 0 Å². The molecule has 0 unspecified atom stereocenters. The van der Waals surface area contributed by atoms with Crippen molar-refractivity contribution >= 4 is 22.8 Å². The number of nitrogens with one attached hydrogen (secondary N) is 1. The van der Waals surface area contributed by atoms with Crippen molar-refractivity contribution in [1.29, 1.82) is 0 Å². The summed E-state index contributed by atoms with van der Waals surface area (Å²) in [4.78, 5) is 19.3. The van der Waals surface area contributed by atoms with Gasteiger partial charge in [-0.1, -0.05) is 0 Å². The van der Waals surface area contributed by atoms with Crippen LogP contribution < -0.4 is 5.32 Å². The third-order valence-electron chi connectivity index (χ3n) is 3.45. The summed E-state index contributed by atoms with van der Waals surface area (Å²) in [6.07, 6.45) is 3.07. The number of rotatable bonds is 3. The highest BCUT2D eigenvalue weighted by atomic mass is 19.1. The van der Waals surface area contributed by atoms with Crippen molar-refractivity contribution in [2.45, 2.75) is 18.9 Å². The smallest absolute Gasteiger partial charge is 0.335 e. The van der Waals surface area contributed by atoms with Gasteiger partial charge in [0.2, 0.25) is 5.95 Å². The Morgan fingerprint density at radius 3 is 2.86 bits per heavy atom. The molecule has 0 atom stereocenters. The Balaban J connectivity index is 1.92. The molecule has 1 aromatic carbocycles. The number of carboxylic acid groups (broad SMARTS) is 1. The molecular formula is C14H14FN3O3. The summed E-state index contributed by atoms with van der Waals surface area (Å²) in [6, 6.07) is 2.53. The molecule has 6 nitrogen and oxygen atoms in total. The third kappa shape index (κ3) is 2.92. The van der Waals surface area contributed by atoms with Crippen molar-refractivity contribution in [2.24, 2.45) is 0 Å². The fourth-order valence-electron chi connectivity index (χ4n) is 2.31. The van der Waals surface area contributed by atoms with Gasteiger partial charge >= 0.3 is 5.97 Å². The van der Waals surface area contributed by atoms with Crippen LogP contribution in [0.25, 0.3) is 10.9 Å². The third-order valence-corrected chi connectivity index (χ3v) is 3.45. The summed E-state index contributed by atoms with van der Waals surface area (Å²) in [5, 5.41) is 12.3. The maximum absolute atomic E-state index is 13.8. The van der Waals surface area contributed by atoms with Crippen LogP contribution >= 0.6 is 0 Å². The fraction of sp³-hybridized carbons (Fsp3) is 0.357. The average Bonchev–Trinajstić information content (AvgIpc) is 2.48. The van der Waals surface area contributed by atoms with Crippen molar-refractivity contribution in [1.82, 2.24) is 9.97 Å². The summed E-state index contributed by atoms with van der Waals surface area (Å²) in [5.41, 5.74) is 0.146. The zero-order valence-electron chi connectivity index (χ0n) is 11.2. The van der Waals surface area contributed by atoms with Crippen molar-refractivity contribution in [2.75, 3.05) is 18.5 Å². The van der Waals surface area contributed by atoms with Crippen molar-refractivity contribution in [3.63, 3.8) is 0 Å². The second kappa shape index (κ2) is 5.61. The quantitative estimate of drug-likeness (QED) is 0.900. The molecule has 110 valence electrons. The number of nitrogens with zero attached hydrogens (tertiary/aromatic N) is 2. The molecule has 2 N–H and O–H groups in total. The number of fused-ring (bicyclic) bond motifs is 1. The molecule has 1 fully saturated rings. The molecule has 1 aromatic heterocycles. The SMILES string of the molecule is O=C(O)c1cc(F)c2cnc(NC3CCOCC3)nc2c1. The standard InChI is InChI=1S/C14H14FN3O3/c15-11-5-8(13(19)20)6-12-10(11)7-16-14(18-12)17-9-1-3-21-4-2-9/h5-7,9H,1-4H2,(H,19,20)(H,16,17,18). The monoisotopic (exact) mass is 291 g/mol. The van der Waals surface area contributed by atoms with Crippen LogP contribution in [-0.4, -0.2) is 40.3 Å². The van der Waals surface area contributed by atoms with E-state index in [1.54, 1.807) is 0 Å². The highest BCUT2D eigenvalue weighted by molar-refractivity contribution is 5.93. The minimum absolute atomic E-state index is 0.129. The molecule has 2 heterocycles. The highest BCUT2D eigenvalue weighted by Crippen LogP contribution is 2.20. The zero-order valence-corrected chi connectivity index (χ0v) is 11.2. The molecule has 1 aliphatic heterocycles. The van der Waals surface area contributed by atoms with Crippen LogP contribution in [0.1, 0.15) is 23.2 Å². The maximum atomic E-state index is 13.8. The Hall–Kier alpha value is -2.28. The van der Waals surface area contributed by atoms with Crippen molar-refractivity contribution < 1.29 is 19.0 Å². The van der Waals surface area contributed by atoms with Gasteiger partial charge in [0.05, 0.1) is 16.5 Å². The molecule has 1 saturated heterocycles. The van der Waals surface area contributed by atoms with E-state index in [1.807, 2.05) is 0 Å². The van der Waals surface area contributed by atoms with E-state index in [4.69, 9.17) is 9.84 Å². The first-order valence-electron chi connectivity index (χ1n) is 6.67. The van der Waals surface area contributed by atoms with Gasteiger partial charge in [-0.05, 0) is 25.0 Å². The number of anilines is 1. The summed E-state index contributed by atoms with van der Waals surface area (Å²) < 4.78 is 19.1. The summed E-state index contributed by atoms with van der Waals surface area (Å²) in [7, 11) is 0. The van der Waals surface area contributed by atoms with E-state index in [9.17, 15) is 9.18 Å². The molecular weight excluding hydrogens is 277 g/mol. The largest absolute Gasteiger partial charge is 0.478 e. The highest BCUT2D eigenvalue weighted by Gasteiger charge is 2.16. The Kier molecular flexibility index (Phi) is 3.66. The first-order chi connectivity index (χ1) is 10.1. The Morgan fingerprint density at radius 2 is 2.14 bits per heavy atom. The van der Waals surface area contributed by atoms with Crippen LogP contribution in [0, 0.1) is 5.82 Å². The fourth-order valence-corrected chi connectivity index (χ4v) is 2.31. The zero-order chi connectivity index (χ0) is 14.8. The van der Waals surface area contributed by atoms with Gasteiger partial charge in [0.15, 0.2) is 0 Å². The Morgan fingerprint density at radius 1 is 1.38 bits per heavy atom. The molecule has 0 amide bonds. The molecule has 7 heteroatoms. The molecule has 3 rings (SSSR count). The van der Waals surface area contributed by atoms with E-state index in [2.05, 4.69) is 15.3 Å². The normalized spacial score (nSPS) is 16.0. The minimum atomic E-state index is -1.19. The lowest BCUT2D eigenvalue weighted by molar-refractivity contribution is 0.0696. The second-order valence-corrected chi connectivity index (χ2v) is 4.92. The average molecular weight is 291 g/mol. The molecule has 2 aromatic rings. The lowest BCUT2D eigenvalue weighted by Crippen LogP contribution is -2.28. The lowest BCUT2D eigenvalue weighted by atomic mass is 10.1. The summed E-state index contributed by atoms with van der Waals surface area (Å²) in [5.74, 6) is -1.45. The van der Waals surface area contributed by atoms with E-state index < -0.39 is 11.8 Å². The summed E-state index contributed by atoms with van der Waals surface area (Å²) in [6.45, 7) is 1.37. The Labute approximate surface area is 120 Å². The van der Waals surface area contributed by atoms with Crippen LogP contribution in [0.5, 0.6) is 0 Å². The number of ether oxygens (including phenoxy) is 1. The summed E-state index contributed by atoms with van der Waals surface area (Å²) >= 11 is 0. The van der Waals surface area contributed by atoms with Gasteiger partial charge in [-0.3, -0.25) is 0 Å². The van der Waals surface area contributed by atoms with Crippen LogP contribution in [0.3, 0.4) is 0 Å². The van der Waals surface area contributed by atoms with Crippen molar-refractivity contribution in [3.05, 3.63) is 29.7 Å². The van der Waals surface area contributed by atoms with E-state index >= 15 is 0 Å². The van der Waals surface area contributed by atoms with E-state index in [0.29, 0.717) is 19.2 Å². The number of hydrogen-bond acceptors (Lipinski definition) is 5. The molecule has 0 aliphatic carbocycles. The molecule has 0 saturated carbocycles. The van der Waals surface area contributed by atoms with E-state index in [-0.39, 0.29) is 22.5 Å². The number of halogens is 1. The van der Waals surface area contributed by atoms with Gasteiger partial charge in [0.1, 0.15) is 5.82 Å². The molecule has 0 bridgehead atoms. The van der Waals surface area contributed by atoms with Gasteiger partial charge in [-0.2, -0.15) is 0 Å². The van der Waals surface area contributed by atoms with E-state index in [0.717, 1.165) is 18.9 Å². The maximum Gasteiger partial charge on any atom is 0.335 e. The molecule has 21 heavy (non-hydrogen) atoms. The first kappa shape index (κ1) is 13.7. The molecule has 0 radical (unpaired) electrons. The number of hydrogen-bond donors (Lipinski definition) is 2. The Bertz CT molecular complexity index is 686. The molecule has 1 aliphatic rings. The van der Waals surface area contributed by atoms with Gasteiger partial charge in [-0.25, -0.2) is 19.2 Å². The van der Waals surface area contributed by atoms with Gasteiger partial charge in [-0.15, -0.1) is 0 Å². The van der Waals surface area contributed by atoms with Gasteiger partial charge < -0.3 is 15.2 Å². The molecule has 0 spiro atoms. The number of carboxylic acids is 1. The lowest BCUT2D eigenvalue weighted by Gasteiger charge is -2.23. The van der Waals surface area contributed by atoms with Crippen LogP contribution in [-0.2, 0) is 4.74 Å². The number of benzene rings is 1. The van der Waals surface area contributed by atoms with Crippen LogP contribution in [0.4, 0.5) is 10.3 Å².